The summed E-state index contributed by atoms with van der Waals surface area (Å²) in [5, 5.41) is 2.61. The number of para-hydroxylation sites is 2. The van der Waals surface area contributed by atoms with Crippen LogP contribution in [0, 0.1) is 0 Å². The third kappa shape index (κ3) is 1.87. The summed E-state index contributed by atoms with van der Waals surface area (Å²) >= 11 is 0. The van der Waals surface area contributed by atoms with Crippen LogP contribution in [0.15, 0.2) is 72.3 Å². The minimum absolute atomic E-state index is 0.0102. The Hall–Kier alpha value is -3.26. The number of nitrogens with one attached hydrogen (secondary N) is 1. The van der Waals surface area contributed by atoms with Crippen molar-refractivity contribution in [2.45, 2.75) is 31.8 Å². The fourth-order valence-electron chi connectivity index (χ4n) is 5.69. The van der Waals surface area contributed by atoms with Crippen LogP contribution in [0.4, 0.5) is 0 Å². The van der Waals surface area contributed by atoms with Crippen molar-refractivity contribution in [3.63, 3.8) is 0 Å². The van der Waals surface area contributed by atoms with Crippen molar-refractivity contribution in [2.75, 3.05) is 0 Å². The molecule has 0 fully saturated rings. The first-order valence-corrected chi connectivity index (χ1v) is 10.4. The van der Waals surface area contributed by atoms with Gasteiger partial charge in [-0.15, -0.1) is 0 Å². The maximum atomic E-state index is 6.32. The summed E-state index contributed by atoms with van der Waals surface area (Å²) in [6.45, 7) is 4.73. The van der Waals surface area contributed by atoms with E-state index in [0.29, 0.717) is 0 Å². The summed E-state index contributed by atoms with van der Waals surface area (Å²) in [5.41, 5.74) is 10.8. The summed E-state index contributed by atoms with van der Waals surface area (Å²) in [7, 11) is 0. The highest BCUT2D eigenvalue weighted by molar-refractivity contribution is 6.10. The first-order chi connectivity index (χ1) is 14.1. The maximum absolute atomic E-state index is 6.32. The predicted octanol–water partition coefficient (Wildman–Crippen LogP) is 6.61. The largest absolute Gasteiger partial charge is 0.485 e. The van der Waals surface area contributed by atoms with Gasteiger partial charge in [0.1, 0.15) is 11.9 Å². The van der Waals surface area contributed by atoms with Gasteiger partial charge in [-0.2, -0.15) is 0 Å². The van der Waals surface area contributed by atoms with Gasteiger partial charge in [0.15, 0.2) is 0 Å². The molecule has 2 heteroatoms. The van der Waals surface area contributed by atoms with Crippen LogP contribution in [0.25, 0.3) is 33.0 Å². The van der Waals surface area contributed by atoms with E-state index in [1.165, 1.54) is 55.2 Å². The molecule has 3 aliphatic rings. The molecule has 2 aliphatic carbocycles. The van der Waals surface area contributed by atoms with E-state index in [1.54, 1.807) is 0 Å². The average Bonchev–Trinajstić information content (AvgIpc) is 3.34. The van der Waals surface area contributed by atoms with E-state index in [2.05, 4.69) is 85.6 Å². The van der Waals surface area contributed by atoms with Crippen molar-refractivity contribution in [3.8, 4) is 5.75 Å². The number of aromatic nitrogens is 1. The molecule has 1 aromatic heterocycles. The Bertz CT molecular complexity index is 1430. The van der Waals surface area contributed by atoms with Gasteiger partial charge in [0.05, 0.1) is 0 Å². The lowest BCUT2D eigenvalue weighted by Gasteiger charge is -2.29. The Kier molecular flexibility index (Phi) is 2.70. The van der Waals surface area contributed by atoms with Gasteiger partial charge in [0.25, 0.3) is 0 Å². The van der Waals surface area contributed by atoms with Crippen LogP contribution < -0.4 is 4.74 Å². The summed E-state index contributed by atoms with van der Waals surface area (Å²) < 4.78 is 6.32. The highest BCUT2D eigenvalue weighted by atomic mass is 16.5. The van der Waals surface area contributed by atoms with Gasteiger partial charge in [0.2, 0.25) is 0 Å². The summed E-state index contributed by atoms with van der Waals surface area (Å²) in [4.78, 5) is 3.62. The number of ether oxygens (including phenoxy) is 1. The van der Waals surface area contributed by atoms with Gasteiger partial charge in [0, 0.05) is 44.8 Å². The fraction of sp³-hybridized carbons (Fsp3) is 0.185. The van der Waals surface area contributed by atoms with E-state index in [9.17, 15) is 0 Å². The second-order valence-corrected chi connectivity index (χ2v) is 9.04. The predicted molar refractivity (Wildman–Crippen MR) is 119 cm³/mol. The number of rotatable bonds is 0. The smallest absolute Gasteiger partial charge is 0.128 e. The summed E-state index contributed by atoms with van der Waals surface area (Å²) in [6, 6.07) is 21.8. The zero-order chi connectivity index (χ0) is 19.3. The molecule has 4 aromatic rings. The molecule has 7 rings (SSSR count). The molecule has 0 spiro atoms. The molecule has 0 amide bonds. The van der Waals surface area contributed by atoms with Crippen LogP contribution in [-0.4, -0.2) is 11.1 Å². The number of benzene rings is 3. The van der Waals surface area contributed by atoms with E-state index < -0.39 is 0 Å². The van der Waals surface area contributed by atoms with E-state index in [4.69, 9.17) is 4.74 Å². The number of aromatic amines is 1. The Morgan fingerprint density at radius 3 is 2.66 bits per heavy atom. The Balaban J connectivity index is 1.50. The van der Waals surface area contributed by atoms with Gasteiger partial charge >= 0.3 is 0 Å². The molecular weight excluding hydrogens is 354 g/mol. The number of hydrogen-bond donors (Lipinski definition) is 1. The van der Waals surface area contributed by atoms with Crippen LogP contribution >= 0.6 is 0 Å². The Morgan fingerprint density at radius 2 is 1.72 bits per heavy atom. The number of allylic oxidation sites excluding steroid dienone is 2. The quantitative estimate of drug-likeness (QED) is 0.367. The molecular formula is C27H21NO. The second kappa shape index (κ2) is 5.01. The molecule has 1 unspecified atom stereocenters. The average molecular weight is 375 g/mol. The number of H-pyrrole nitrogens is 1. The number of hydrogen-bond acceptors (Lipinski definition) is 1. The van der Waals surface area contributed by atoms with Gasteiger partial charge in [-0.3, -0.25) is 0 Å². The Morgan fingerprint density at radius 1 is 0.897 bits per heavy atom. The molecule has 0 saturated carbocycles. The lowest BCUT2D eigenvalue weighted by Crippen LogP contribution is -2.24. The SMILES string of the molecule is CC1(C)C2=C(C=C3c4ccccc4OC3C2)c2cc3c(cc21)[nH]c1ccccc13. The third-order valence-electron chi connectivity index (χ3n) is 7.19. The zero-order valence-electron chi connectivity index (χ0n) is 16.5. The molecule has 0 radical (unpaired) electrons. The molecule has 1 atom stereocenters. The van der Waals surface area contributed by atoms with E-state index in [-0.39, 0.29) is 11.5 Å². The van der Waals surface area contributed by atoms with Crippen LogP contribution in [0.3, 0.4) is 0 Å². The Labute approximate surface area is 169 Å². The number of fused-ring (bicyclic) bond motifs is 8. The van der Waals surface area contributed by atoms with Gasteiger partial charge < -0.3 is 9.72 Å². The molecule has 2 nitrogen and oxygen atoms in total. The lowest BCUT2D eigenvalue weighted by atomic mass is 9.76. The minimum Gasteiger partial charge on any atom is -0.485 e. The molecule has 1 aliphatic heterocycles. The van der Waals surface area contributed by atoms with Crippen molar-refractivity contribution in [3.05, 3.63) is 89.0 Å². The highest BCUT2D eigenvalue weighted by Crippen LogP contribution is 2.55. The molecule has 0 saturated heterocycles. The van der Waals surface area contributed by atoms with Crippen molar-refractivity contribution in [1.29, 1.82) is 0 Å². The first kappa shape index (κ1) is 15.6. The molecule has 29 heavy (non-hydrogen) atoms. The van der Waals surface area contributed by atoms with Crippen LogP contribution in [-0.2, 0) is 5.41 Å². The highest BCUT2D eigenvalue weighted by Gasteiger charge is 2.43. The standard InChI is InChI=1S/C27H21NO/c1-27(2)21-13-24-19(15-7-3-5-9-23(15)28-24)11-17(21)18-12-20-16-8-4-6-10-25(16)29-26(20)14-22(18)27/h3-13,26,28H,14H2,1-2H3. The molecule has 3 aromatic carbocycles. The van der Waals surface area contributed by atoms with E-state index in [1.807, 2.05) is 0 Å². The van der Waals surface area contributed by atoms with E-state index in [0.717, 1.165) is 12.2 Å². The van der Waals surface area contributed by atoms with Crippen molar-refractivity contribution < 1.29 is 4.74 Å². The zero-order valence-corrected chi connectivity index (χ0v) is 16.5. The minimum atomic E-state index is 0.0102. The molecule has 1 N–H and O–H groups in total. The van der Waals surface area contributed by atoms with Crippen molar-refractivity contribution in [1.82, 2.24) is 4.98 Å². The molecule has 140 valence electrons. The van der Waals surface area contributed by atoms with Gasteiger partial charge in [-0.1, -0.05) is 50.2 Å². The summed E-state index contributed by atoms with van der Waals surface area (Å²) in [6.07, 6.45) is 3.51. The normalized spacial score (nSPS) is 20.9. The molecule has 2 heterocycles. The third-order valence-corrected chi connectivity index (χ3v) is 7.19. The second-order valence-electron chi connectivity index (χ2n) is 9.04. The summed E-state index contributed by atoms with van der Waals surface area (Å²) in [5.74, 6) is 1.02. The van der Waals surface area contributed by atoms with Crippen LogP contribution in [0.5, 0.6) is 5.75 Å². The first-order valence-electron chi connectivity index (χ1n) is 10.4. The lowest BCUT2D eigenvalue weighted by molar-refractivity contribution is 0.270. The van der Waals surface area contributed by atoms with Crippen molar-refractivity contribution >= 4 is 33.0 Å². The van der Waals surface area contributed by atoms with E-state index >= 15 is 0 Å². The van der Waals surface area contributed by atoms with Crippen LogP contribution in [0.2, 0.25) is 0 Å². The fourth-order valence-corrected chi connectivity index (χ4v) is 5.69. The van der Waals surface area contributed by atoms with Gasteiger partial charge in [-0.05, 0) is 52.6 Å². The maximum Gasteiger partial charge on any atom is 0.128 e. The monoisotopic (exact) mass is 375 g/mol. The van der Waals surface area contributed by atoms with Gasteiger partial charge in [-0.25, -0.2) is 0 Å². The van der Waals surface area contributed by atoms with Crippen LogP contribution in [0.1, 0.15) is 37.0 Å². The molecule has 0 bridgehead atoms. The van der Waals surface area contributed by atoms with Crippen molar-refractivity contribution in [2.24, 2.45) is 0 Å². The topological polar surface area (TPSA) is 25.0 Å².